The second-order valence-corrected chi connectivity index (χ2v) is 4.64. The van der Waals surface area contributed by atoms with E-state index in [1.807, 2.05) is 17.8 Å². The van der Waals surface area contributed by atoms with Gasteiger partial charge in [0.1, 0.15) is 11.9 Å². The SMILES string of the molecule is Cn1ccnc1C(O)CCC1CCCC1. The molecule has 2 rings (SSSR count). The minimum absolute atomic E-state index is 0.384. The number of aromatic nitrogens is 2. The summed E-state index contributed by atoms with van der Waals surface area (Å²) in [4.78, 5) is 4.17. The zero-order chi connectivity index (χ0) is 10.7. The maximum absolute atomic E-state index is 9.97. The van der Waals surface area contributed by atoms with E-state index in [0.29, 0.717) is 0 Å². The van der Waals surface area contributed by atoms with E-state index >= 15 is 0 Å². The predicted octanol–water partition coefficient (Wildman–Crippen LogP) is 2.42. The number of aliphatic hydroxyl groups excluding tert-OH is 1. The standard InChI is InChI=1S/C12H20N2O/c1-14-9-8-13-12(14)11(15)7-6-10-4-2-3-5-10/h8-11,15H,2-7H2,1H3. The molecule has 84 valence electrons. The van der Waals surface area contributed by atoms with E-state index in [-0.39, 0.29) is 6.10 Å². The molecule has 0 spiro atoms. The number of hydrogen-bond acceptors (Lipinski definition) is 2. The number of nitrogens with zero attached hydrogens (tertiary/aromatic N) is 2. The molecule has 1 aromatic rings. The van der Waals surface area contributed by atoms with E-state index < -0.39 is 0 Å². The quantitative estimate of drug-likeness (QED) is 0.825. The van der Waals surface area contributed by atoms with Gasteiger partial charge < -0.3 is 9.67 Å². The van der Waals surface area contributed by atoms with Gasteiger partial charge in [0.15, 0.2) is 0 Å². The average Bonchev–Trinajstić information content (AvgIpc) is 2.84. The lowest BCUT2D eigenvalue weighted by Crippen LogP contribution is -2.07. The van der Waals surface area contributed by atoms with Crippen LogP contribution in [-0.4, -0.2) is 14.7 Å². The average molecular weight is 208 g/mol. The van der Waals surface area contributed by atoms with Crippen LogP contribution in [0.4, 0.5) is 0 Å². The fourth-order valence-electron chi connectivity index (χ4n) is 2.52. The first-order valence-corrected chi connectivity index (χ1v) is 5.92. The molecule has 1 N–H and O–H groups in total. The third-order valence-corrected chi connectivity index (χ3v) is 3.48. The Balaban J connectivity index is 1.81. The second kappa shape index (κ2) is 4.79. The van der Waals surface area contributed by atoms with Crippen molar-refractivity contribution in [2.75, 3.05) is 0 Å². The number of aryl methyl sites for hydroxylation is 1. The van der Waals surface area contributed by atoms with Crippen LogP contribution in [0.2, 0.25) is 0 Å². The van der Waals surface area contributed by atoms with Gasteiger partial charge >= 0.3 is 0 Å². The topological polar surface area (TPSA) is 38.0 Å². The fourth-order valence-corrected chi connectivity index (χ4v) is 2.52. The zero-order valence-corrected chi connectivity index (χ0v) is 9.39. The summed E-state index contributed by atoms with van der Waals surface area (Å²) in [6.07, 6.45) is 10.7. The van der Waals surface area contributed by atoms with Gasteiger partial charge in [0.25, 0.3) is 0 Å². The van der Waals surface area contributed by atoms with Crippen LogP contribution in [0.1, 0.15) is 50.5 Å². The Kier molecular flexibility index (Phi) is 3.41. The molecule has 0 radical (unpaired) electrons. The van der Waals surface area contributed by atoms with E-state index in [9.17, 15) is 5.11 Å². The minimum Gasteiger partial charge on any atom is -0.385 e. The summed E-state index contributed by atoms with van der Waals surface area (Å²) >= 11 is 0. The molecule has 0 saturated heterocycles. The van der Waals surface area contributed by atoms with Crippen LogP contribution in [0.5, 0.6) is 0 Å². The van der Waals surface area contributed by atoms with Crippen LogP contribution in [0, 0.1) is 5.92 Å². The smallest absolute Gasteiger partial charge is 0.137 e. The van der Waals surface area contributed by atoms with Crippen molar-refractivity contribution in [3.8, 4) is 0 Å². The summed E-state index contributed by atoms with van der Waals surface area (Å²) in [7, 11) is 1.93. The number of hydrogen-bond donors (Lipinski definition) is 1. The predicted molar refractivity (Wildman–Crippen MR) is 59.4 cm³/mol. The lowest BCUT2D eigenvalue weighted by Gasteiger charge is -2.13. The van der Waals surface area contributed by atoms with E-state index in [1.54, 1.807) is 6.20 Å². The van der Waals surface area contributed by atoms with Crippen molar-refractivity contribution >= 4 is 0 Å². The largest absolute Gasteiger partial charge is 0.385 e. The third kappa shape index (κ3) is 2.59. The molecule has 1 atom stereocenters. The highest BCUT2D eigenvalue weighted by molar-refractivity contribution is 4.95. The van der Waals surface area contributed by atoms with Crippen molar-refractivity contribution in [2.45, 2.75) is 44.6 Å². The molecule has 15 heavy (non-hydrogen) atoms. The number of rotatable bonds is 4. The molecule has 0 aromatic carbocycles. The van der Waals surface area contributed by atoms with Gasteiger partial charge in [0.05, 0.1) is 0 Å². The highest BCUT2D eigenvalue weighted by Crippen LogP contribution is 2.30. The lowest BCUT2D eigenvalue weighted by molar-refractivity contribution is 0.144. The molecule has 1 heterocycles. The van der Waals surface area contributed by atoms with E-state index in [0.717, 1.165) is 24.6 Å². The minimum atomic E-state index is -0.384. The van der Waals surface area contributed by atoms with Crippen molar-refractivity contribution in [2.24, 2.45) is 13.0 Å². The van der Waals surface area contributed by atoms with Crippen LogP contribution in [0.3, 0.4) is 0 Å². The van der Waals surface area contributed by atoms with Crippen LogP contribution < -0.4 is 0 Å². The fraction of sp³-hybridized carbons (Fsp3) is 0.750. The Hall–Kier alpha value is -0.830. The molecule has 1 saturated carbocycles. The van der Waals surface area contributed by atoms with Gasteiger partial charge in [0, 0.05) is 19.4 Å². The van der Waals surface area contributed by atoms with E-state index in [4.69, 9.17) is 0 Å². The van der Waals surface area contributed by atoms with Crippen LogP contribution in [0.25, 0.3) is 0 Å². The van der Waals surface area contributed by atoms with E-state index in [2.05, 4.69) is 4.98 Å². The highest BCUT2D eigenvalue weighted by Gasteiger charge is 2.18. The van der Waals surface area contributed by atoms with Gasteiger partial charge in [-0.3, -0.25) is 0 Å². The van der Waals surface area contributed by atoms with Gasteiger partial charge in [0.2, 0.25) is 0 Å². The van der Waals surface area contributed by atoms with Gasteiger partial charge in [-0.05, 0) is 18.8 Å². The molecule has 0 amide bonds. The molecule has 1 aromatic heterocycles. The number of aliphatic hydroxyl groups is 1. The summed E-state index contributed by atoms with van der Waals surface area (Å²) < 4.78 is 1.90. The monoisotopic (exact) mass is 208 g/mol. The molecule has 1 unspecified atom stereocenters. The summed E-state index contributed by atoms with van der Waals surface area (Å²) in [6.45, 7) is 0. The Bertz CT molecular complexity index is 302. The maximum atomic E-state index is 9.97. The van der Waals surface area contributed by atoms with Crippen molar-refractivity contribution in [3.05, 3.63) is 18.2 Å². The molecule has 0 bridgehead atoms. The van der Waals surface area contributed by atoms with Crippen molar-refractivity contribution in [1.29, 1.82) is 0 Å². The Morgan fingerprint density at radius 3 is 2.87 bits per heavy atom. The van der Waals surface area contributed by atoms with Crippen LogP contribution >= 0.6 is 0 Å². The first kappa shape index (κ1) is 10.7. The molecule has 3 heteroatoms. The van der Waals surface area contributed by atoms with Gasteiger partial charge in [-0.25, -0.2) is 4.98 Å². The molecule has 0 aliphatic heterocycles. The maximum Gasteiger partial charge on any atom is 0.137 e. The normalized spacial score (nSPS) is 19.6. The summed E-state index contributed by atoms with van der Waals surface area (Å²) in [6, 6.07) is 0. The first-order chi connectivity index (χ1) is 7.27. The van der Waals surface area contributed by atoms with Crippen molar-refractivity contribution in [1.82, 2.24) is 9.55 Å². The van der Waals surface area contributed by atoms with Gasteiger partial charge in [-0.15, -0.1) is 0 Å². The molecule has 1 fully saturated rings. The molecule has 1 aliphatic carbocycles. The molecular weight excluding hydrogens is 188 g/mol. The molecule has 3 nitrogen and oxygen atoms in total. The summed E-state index contributed by atoms with van der Waals surface area (Å²) in [5.74, 6) is 1.65. The Morgan fingerprint density at radius 2 is 2.27 bits per heavy atom. The van der Waals surface area contributed by atoms with Crippen molar-refractivity contribution in [3.63, 3.8) is 0 Å². The van der Waals surface area contributed by atoms with Crippen LogP contribution in [0.15, 0.2) is 12.4 Å². The summed E-state index contributed by atoms with van der Waals surface area (Å²) in [5.41, 5.74) is 0. The third-order valence-electron chi connectivity index (χ3n) is 3.48. The molecule has 1 aliphatic rings. The second-order valence-electron chi connectivity index (χ2n) is 4.64. The first-order valence-electron chi connectivity index (χ1n) is 5.92. The molecular formula is C12H20N2O. The zero-order valence-electron chi connectivity index (χ0n) is 9.39. The van der Waals surface area contributed by atoms with Gasteiger partial charge in [-0.2, -0.15) is 0 Å². The van der Waals surface area contributed by atoms with Crippen molar-refractivity contribution < 1.29 is 5.11 Å². The van der Waals surface area contributed by atoms with Gasteiger partial charge in [-0.1, -0.05) is 25.7 Å². The number of imidazole rings is 1. The Labute approximate surface area is 91.1 Å². The summed E-state index contributed by atoms with van der Waals surface area (Å²) in [5, 5.41) is 9.97. The lowest BCUT2D eigenvalue weighted by atomic mass is 9.99. The van der Waals surface area contributed by atoms with E-state index in [1.165, 1.54) is 25.7 Å². The Morgan fingerprint density at radius 1 is 1.53 bits per heavy atom. The highest BCUT2D eigenvalue weighted by atomic mass is 16.3. The van der Waals surface area contributed by atoms with Crippen LogP contribution in [-0.2, 0) is 7.05 Å².